The fourth-order valence-electron chi connectivity index (χ4n) is 1.94. The van der Waals surface area contributed by atoms with Crippen LogP contribution < -0.4 is 0 Å². The third-order valence-electron chi connectivity index (χ3n) is 2.95. The summed E-state index contributed by atoms with van der Waals surface area (Å²) in [6, 6.07) is 11.9. The van der Waals surface area contributed by atoms with Crippen LogP contribution in [0.5, 0.6) is 0 Å². The smallest absolute Gasteiger partial charge is 0.358 e. The van der Waals surface area contributed by atoms with Crippen molar-refractivity contribution >= 4 is 5.97 Å². The van der Waals surface area contributed by atoms with Crippen molar-refractivity contribution in [3.8, 4) is 0 Å². The van der Waals surface area contributed by atoms with E-state index in [9.17, 15) is 4.79 Å². The molecule has 0 spiro atoms. The first kappa shape index (κ1) is 13.3. The number of rotatable bonds is 5. The van der Waals surface area contributed by atoms with Gasteiger partial charge >= 0.3 is 5.97 Å². The minimum absolute atomic E-state index is 0.344. The molecule has 0 aliphatic rings. The van der Waals surface area contributed by atoms with Gasteiger partial charge in [0.05, 0.1) is 6.61 Å². The highest BCUT2D eigenvalue weighted by Gasteiger charge is 2.12. The van der Waals surface area contributed by atoms with E-state index in [-0.39, 0.29) is 5.97 Å². The maximum Gasteiger partial charge on any atom is 0.358 e. The third-order valence-corrected chi connectivity index (χ3v) is 2.95. The Labute approximate surface area is 113 Å². The van der Waals surface area contributed by atoms with Gasteiger partial charge in [-0.15, -0.1) is 0 Å². The van der Waals surface area contributed by atoms with Crippen molar-refractivity contribution in [3.05, 3.63) is 53.9 Å². The van der Waals surface area contributed by atoms with Crippen molar-refractivity contribution in [2.24, 2.45) is 0 Å². The fraction of sp³-hybridized carbons (Fsp3) is 0.333. The zero-order valence-corrected chi connectivity index (χ0v) is 11.2. The largest absolute Gasteiger partial charge is 0.461 e. The highest BCUT2D eigenvalue weighted by atomic mass is 16.5. The average molecular weight is 258 g/mol. The summed E-state index contributed by atoms with van der Waals surface area (Å²) in [5, 5.41) is 4.24. The van der Waals surface area contributed by atoms with E-state index >= 15 is 0 Å². The normalized spacial score (nSPS) is 12.1. The number of carbonyl (C=O) groups excluding carboxylic acids is 1. The molecule has 100 valence electrons. The van der Waals surface area contributed by atoms with Crippen molar-refractivity contribution < 1.29 is 9.53 Å². The van der Waals surface area contributed by atoms with Gasteiger partial charge in [-0.05, 0) is 18.6 Å². The summed E-state index contributed by atoms with van der Waals surface area (Å²) in [6.07, 6.45) is 1.81. The van der Waals surface area contributed by atoms with Crippen LogP contribution >= 0.6 is 0 Å². The third kappa shape index (κ3) is 3.44. The first-order valence-corrected chi connectivity index (χ1v) is 6.46. The molecule has 0 aliphatic carbocycles. The quantitative estimate of drug-likeness (QED) is 0.775. The summed E-state index contributed by atoms with van der Waals surface area (Å²) in [4.78, 5) is 11.5. The molecule has 2 aromatic rings. The van der Waals surface area contributed by atoms with E-state index in [4.69, 9.17) is 4.74 Å². The Morgan fingerprint density at radius 3 is 2.74 bits per heavy atom. The van der Waals surface area contributed by atoms with E-state index in [1.54, 1.807) is 17.7 Å². The molecule has 2 rings (SSSR count). The molecular weight excluding hydrogens is 240 g/mol. The van der Waals surface area contributed by atoms with E-state index in [1.165, 1.54) is 5.56 Å². The van der Waals surface area contributed by atoms with Gasteiger partial charge < -0.3 is 4.74 Å². The lowest BCUT2D eigenvalue weighted by Gasteiger charge is -2.11. The molecule has 0 aliphatic heterocycles. The lowest BCUT2D eigenvalue weighted by atomic mass is 10.0. The first-order chi connectivity index (χ1) is 9.20. The standard InChI is InChI=1S/C15H18N2O2/c1-3-19-15(18)14-9-10-17(16-14)11-12(2)13-7-5-4-6-8-13/h4-10,12H,3,11H2,1-2H3. The van der Waals surface area contributed by atoms with E-state index in [2.05, 4.69) is 24.2 Å². The molecule has 1 aromatic heterocycles. The van der Waals surface area contributed by atoms with Gasteiger partial charge in [0.25, 0.3) is 0 Å². The molecule has 4 heteroatoms. The van der Waals surface area contributed by atoms with Crippen LogP contribution in [0.1, 0.15) is 35.8 Å². The lowest BCUT2D eigenvalue weighted by Crippen LogP contribution is -2.10. The van der Waals surface area contributed by atoms with E-state index in [1.807, 2.05) is 24.4 Å². The number of carbonyl (C=O) groups is 1. The second kappa shape index (κ2) is 6.18. The van der Waals surface area contributed by atoms with Gasteiger partial charge in [0.1, 0.15) is 0 Å². The number of hydrogen-bond acceptors (Lipinski definition) is 3. The molecule has 19 heavy (non-hydrogen) atoms. The summed E-state index contributed by atoms with van der Waals surface area (Å²) in [5.41, 5.74) is 1.62. The number of aromatic nitrogens is 2. The SMILES string of the molecule is CCOC(=O)c1ccn(CC(C)c2ccccc2)n1. The molecule has 0 fully saturated rings. The maximum absolute atomic E-state index is 11.5. The van der Waals surface area contributed by atoms with Gasteiger partial charge in [-0.1, -0.05) is 37.3 Å². The highest BCUT2D eigenvalue weighted by Crippen LogP contribution is 2.16. The topological polar surface area (TPSA) is 44.1 Å². The molecular formula is C15H18N2O2. The van der Waals surface area contributed by atoms with Crippen molar-refractivity contribution in [1.29, 1.82) is 0 Å². The Bertz CT molecular complexity index is 534. The molecule has 0 saturated heterocycles. The number of benzene rings is 1. The molecule has 0 N–H and O–H groups in total. The highest BCUT2D eigenvalue weighted by molar-refractivity contribution is 5.86. The van der Waals surface area contributed by atoms with Crippen molar-refractivity contribution in [3.63, 3.8) is 0 Å². The molecule has 0 bridgehead atoms. The van der Waals surface area contributed by atoms with Gasteiger partial charge in [-0.3, -0.25) is 4.68 Å². The molecule has 0 amide bonds. The number of esters is 1. The molecule has 1 heterocycles. The number of ether oxygens (including phenoxy) is 1. The molecule has 1 unspecified atom stereocenters. The Morgan fingerprint density at radius 2 is 2.05 bits per heavy atom. The second-order valence-electron chi connectivity index (χ2n) is 4.46. The van der Waals surface area contributed by atoms with E-state index in [0.29, 0.717) is 18.2 Å². The van der Waals surface area contributed by atoms with Crippen LogP contribution in [0.15, 0.2) is 42.6 Å². The van der Waals surface area contributed by atoms with Crippen LogP contribution in [0, 0.1) is 0 Å². The summed E-state index contributed by atoms with van der Waals surface area (Å²) in [6.45, 7) is 5.03. The van der Waals surface area contributed by atoms with Crippen molar-refractivity contribution in [2.45, 2.75) is 26.3 Å². The molecule has 0 radical (unpaired) electrons. The van der Waals surface area contributed by atoms with Crippen molar-refractivity contribution in [1.82, 2.24) is 9.78 Å². The maximum atomic E-state index is 11.5. The Hall–Kier alpha value is -2.10. The second-order valence-corrected chi connectivity index (χ2v) is 4.46. The number of nitrogens with zero attached hydrogens (tertiary/aromatic N) is 2. The summed E-state index contributed by atoms with van der Waals surface area (Å²) in [5.74, 6) is -0.0234. The molecule has 1 aromatic carbocycles. The average Bonchev–Trinajstić information content (AvgIpc) is 2.88. The summed E-state index contributed by atoms with van der Waals surface area (Å²) < 4.78 is 6.70. The predicted molar refractivity (Wildman–Crippen MR) is 73.0 cm³/mol. The van der Waals surface area contributed by atoms with E-state index in [0.717, 1.165) is 6.54 Å². The van der Waals surface area contributed by atoms with E-state index < -0.39 is 0 Å². The lowest BCUT2D eigenvalue weighted by molar-refractivity contribution is 0.0518. The zero-order valence-electron chi connectivity index (χ0n) is 11.2. The van der Waals surface area contributed by atoms with Gasteiger partial charge in [0.15, 0.2) is 5.69 Å². The summed E-state index contributed by atoms with van der Waals surface area (Å²) in [7, 11) is 0. The first-order valence-electron chi connectivity index (χ1n) is 6.46. The molecule has 1 atom stereocenters. The van der Waals surface area contributed by atoms with Gasteiger partial charge in [-0.2, -0.15) is 5.10 Å². The van der Waals surface area contributed by atoms with Crippen LogP contribution in [0.25, 0.3) is 0 Å². The minimum atomic E-state index is -0.367. The predicted octanol–water partition coefficient (Wildman–Crippen LogP) is 2.86. The summed E-state index contributed by atoms with van der Waals surface area (Å²) >= 11 is 0. The number of hydrogen-bond donors (Lipinski definition) is 0. The van der Waals surface area contributed by atoms with Crippen LogP contribution in [0.3, 0.4) is 0 Å². The van der Waals surface area contributed by atoms with Crippen LogP contribution in [0.2, 0.25) is 0 Å². The monoisotopic (exact) mass is 258 g/mol. The van der Waals surface area contributed by atoms with Gasteiger partial charge in [0, 0.05) is 18.7 Å². The zero-order chi connectivity index (χ0) is 13.7. The van der Waals surface area contributed by atoms with Gasteiger partial charge in [-0.25, -0.2) is 4.79 Å². The molecule has 4 nitrogen and oxygen atoms in total. The molecule has 0 saturated carbocycles. The Balaban J connectivity index is 2.02. The van der Waals surface area contributed by atoms with Crippen LogP contribution in [-0.2, 0) is 11.3 Å². The Morgan fingerprint density at radius 1 is 1.32 bits per heavy atom. The fourth-order valence-corrected chi connectivity index (χ4v) is 1.94. The van der Waals surface area contributed by atoms with Crippen molar-refractivity contribution in [2.75, 3.05) is 6.61 Å². The van der Waals surface area contributed by atoms with Gasteiger partial charge in [0.2, 0.25) is 0 Å². The van der Waals surface area contributed by atoms with Crippen LogP contribution in [-0.4, -0.2) is 22.4 Å². The minimum Gasteiger partial charge on any atom is -0.461 e. The van der Waals surface area contributed by atoms with Crippen LogP contribution in [0.4, 0.5) is 0 Å². The Kier molecular flexibility index (Phi) is 4.34.